The molecule has 2 aromatic carbocycles. The minimum atomic E-state index is -0.408. The summed E-state index contributed by atoms with van der Waals surface area (Å²) in [6.07, 6.45) is 0. The molecule has 0 spiro atoms. The molecule has 1 N–H and O–H groups in total. The first kappa shape index (κ1) is 16.5. The molecule has 0 saturated heterocycles. The van der Waals surface area contributed by atoms with E-state index in [1.54, 1.807) is 36.4 Å². The molecular weight excluding hydrogens is 404 g/mol. The number of anilines is 1. The van der Waals surface area contributed by atoms with E-state index < -0.39 is 5.91 Å². The summed E-state index contributed by atoms with van der Waals surface area (Å²) in [5.74, 6) is 0.754. The quantitative estimate of drug-likeness (QED) is 0.700. The first-order valence-electron chi connectivity index (χ1n) is 7.83. The lowest BCUT2D eigenvalue weighted by Gasteiger charge is -2.20. The van der Waals surface area contributed by atoms with Crippen LogP contribution in [0.4, 0.5) is 5.69 Å². The van der Waals surface area contributed by atoms with E-state index in [2.05, 4.69) is 31.6 Å². The van der Waals surface area contributed by atoms with Crippen LogP contribution in [0.25, 0.3) is 10.9 Å². The second-order valence-corrected chi connectivity index (χ2v) is 6.45. The third-order valence-electron chi connectivity index (χ3n) is 3.83. The Kier molecular flexibility index (Phi) is 4.29. The Morgan fingerprint density at radius 2 is 1.92 bits per heavy atom. The van der Waals surface area contributed by atoms with Crippen molar-refractivity contribution in [3.8, 4) is 11.5 Å². The summed E-state index contributed by atoms with van der Waals surface area (Å²) in [6.45, 7) is 0.677. The van der Waals surface area contributed by atoms with Crippen molar-refractivity contribution in [2.75, 3.05) is 18.5 Å². The van der Waals surface area contributed by atoms with Gasteiger partial charge in [-0.3, -0.25) is 9.59 Å². The maximum absolute atomic E-state index is 12.4. The van der Waals surface area contributed by atoms with Gasteiger partial charge in [0, 0.05) is 16.6 Å². The van der Waals surface area contributed by atoms with Gasteiger partial charge in [-0.25, -0.2) is 4.68 Å². The first-order chi connectivity index (χ1) is 12.6. The number of hydrogen-bond donors (Lipinski definition) is 1. The van der Waals surface area contributed by atoms with E-state index in [0.29, 0.717) is 45.8 Å². The van der Waals surface area contributed by atoms with Gasteiger partial charge < -0.3 is 14.8 Å². The van der Waals surface area contributed by atoms with Crippen LogP contribution in [0.1, 0.15) is 0 Å². The van der Waals surface area contributed by atoms with E-state index in [-0.39, 0.29) is 12.1 Å². The molecule has 1 aliphatic rings. The monoisotopic (exact) mass is 416 g/mol. The first-order valence-corrected chi connectivity index (χ1v) is 8.62. The van der Waals surface area contributed by atoms with Crippen LogP contribution >= 0.6 is 15.9 Å². The number of carbonyl (C=O) groups is 1. The van der Waals surface area contributed by atoms with Crippen LogP contribution in [0.2, 0.25) is 0 Å². The van der Waals surface area contributed by atoms with Crippen molar-refractivity contribution >= 4 is 38.4 Å². The summed E-state index contributed by atoms with van der Waals surface area (Å²) in [6, 6.07) is 10.3. The Balaban J connectivity index is 1.56. The van der Waals surface area contributed by atoms with E-state index in [1.807, 2.05) is 0 Å². The van der Waals surface area contributed by atoms with E-state index in [0.717, 1.165) is 4.68 Å². The zero-order valence-electron chi connectivity index (χ0n) is 13.4. The second-order valence-electron chi connectivity index (χ2n) is 5.59. The highest BCUT2D eigenvalue weighted by Crippen LogP contribution is 2.38. The Hall–Kier alpha value is -2.94. The SMILES string of the molecule is O=C(Cn1nnc2ccccc2c1=O)Nc1cc2c(cc1Br)OCCO2. The van der Waals surface area contributed by atoms with Crippen LogP contribution in [0.5, 0.6) is 11.5 Å². The number of rotatable bonds is 3. The number of amides is 1. The molecule has 8 nitrogen and oxygen atoms in total. The average molecular weight is 417 g/mol. The topological polar surface area (TPSA) is 95.3 Å². The van der Waals surface area contributed by atoms with E-state index >= 15 is 0 Å². The Labute approximate surface area is 155 Å². The number of halogens is 1. The molecule has 0 aliphatic carbocycles. The minimum Gasteiger partial charge on any atom is -0.486 e. The van der Waals surface area contributed by atoms with Crippen molar-refractivity contribution in [3.63, 3.8) is 0 Å². The Bertz CT molecular complexity index is 1070. The highest BCUT2D eigenvalue weighted by Gasteiger charge is 2.17. The molecule has 4 rings (SSSR count). The molecule has 9 heteroatoms. The van der Waals surface area contributed by atoms with Crippen LogP contribution in [-0.2, 0) is 11.3 Å². The van der Waals surface area contributed by atoms with E-state index in [1.165, 1.54) is 0 Å². The average Bonchev–Trinajstić information content (AvgIpc) is 2.65. The molecule has 0 atom stereocenters. The second kappa shape index (κ2) is 6.75. The normalized spacial score (nSPS) is 12.8. The van der Waals surface area contributed by atoms with Crippen molar-refractivity contribution in [2.24, 2.45) is 0 Å². The van der Waals surface area contributed by atoms with Gasteiger partial charge in [0.2, 0.25) is 5.91 Å². The van der Waals surface area contributed by atoms with Crippen molar-refractivity contribution in [3.05, 3.63) is 51.2 Å². The third kappa shape index (κ3) is 3.13. The highest BCUT2D eigenvalue weighted by molar-refractivity contribution is 9.10. The molecule has 1 aliphatic heterocycles. The number of carbonyl (C=O) groups excluding carboxylic acids is 1. The zero-order valence-corrected chi connectivity index (χ0v) is 15.0. The van der Waals surface area contributed by atoms with Gasteiger partial charge in [-0.2, -0.15) is 0 Å². The minimum absolute atomic E-state index is 0.252. The van der Waals surface area contributed by atoms with Crippen molar-refractivity contribution in [1.29, 1.82) is 0 Å². The molecule has 1 amide bonds. The highest BCUT2D eigenvalue weighted by atomic mass is 79.9. The van der Waals surface area contributed by atoms with Gasteiger partial charge in [0.15, 0.2) is 11.5 Å². The fraction of sp³-hybridized carbons (Fsp3) is 0.176. The number of aromatic nitrogens is 3. The number of benzene rings is 2. The summed E-state index contributed by atoms with van der Waals surface area (Å²) < 4.78 is 12.7. The van der Waals surface area contributed by atoms with Crippen molar-refractivity contribution in [2.45, 2.75) is 6.54 Å². The third-order valence-corrected chi connectivity index (χ3v) is 4.48. The van der Waals surface area contributed by atoms with Gasteiger partial charge in [-0.05, 0) is 28.1 Å². The van der Waals surface area contributed by atoms with Crippen LogP contribution in [0.15, 0.2) is 45.7 Å². The zero-order chi connectivity index (χ0) is 18.1. The molecule has 0 saturated carbocycles. The molecular formula is C17H13BrN4O4. The van der Waals surface area contributed by atoms with Gasteiger partial charge >= 0.3 is 0 Å². The largest absolute Gasteiger partial charge is 0.486 e. The van der Waals surface area contributed by atoms with Crippen LogP contribution in [0, 0.1) is 0 Å². The molecule has 0 radical (unpaired) electrons. The predicted molar refractivity (Wildman–Crippen MR) is 97.6 cm³/mol. The van der Waals surface area contributed by atoms with Crippen molar-refractivity contribution < 1.29 is 14.3 Å². The molecule has 26 heavy (non-hydrogen) atoms. The van der Waals surface area contributed by atoms with E-state index in [9.17, 15) is 9.59 Å². The van der Waals surface area contributed by atoms with Gasteiger partial charge in [0.25, 0.3) is 5.56 Å². The van der Waals surface area contributed by atoms with Crippen LogP contribution in [0.3, 0.4) is 0 Å². The number of fused-ring (bicyclic) bond motifs is 2. The molecule has 3 aromatic rings. The number of ether oxygens (including phenoxy) is 2. The number of nitrogens with zero attached hydrogens (tertiary/aromatic N) is 3. The van der Waals surface area contributed by atoms with Gasteiger partial charge in [0.05, 0.1) is 11.1 Å². The maximum Gasteiger partial charge on any atom is 0.278 e. The van der Waals surface area contributed by atoms with Gasteiger partial charge in [-0.1, -0.05) is 17.3 Å². The lowest BCUT2D eigenvalue weighted by Crippen LogP contribution is -2.30. The number of nitrogens with one attached hydrogen (secondary N) is 1. The summed E-state index contributed by atoms with van der Waals surface area (Å²) in [4.78, 5) is 24.8. The fourth-order valence-electron chi connectivity index (χ4n) is 2.61. The molecule has 1 aromatic heterocycles. The smallest absolute Gasteiger partial charge is 0.278 e. The summed E-state index contributed by atoms with van der Waals surface area (Å²) in [7, 11) is 0. The fourth-order valence-corrected chi connectivity index (χ4v) is 3.03. The molecule has 0 fully saturated rings. The lowest BCUT2D eigenvalue weighted by atomic mass is 10.2. The molecule has 132 valence electrons. The number of hydrogen-bond acceptors (Lipinski definition) is 6. The van der Waals surface area contributed by atoms with E-state index in [4.69, 9.17) is 9.47 Å². The molecule has 0 bridgehead atoms. The standard InChI is InChI=1S/C17H13BrN4O4/c18-11-7-14-15(26-6-5-25-14)8-13(11)19-16(23)9-22-17(24)10-3-1-2-4-12(10)20-21-22/h1-4,7-8H,5-6,9H2,(H,19,23). The van der Waals surface area contributed by atoms with Crippen LogP contribution < -0.4 is 20.3 Å². The molecule has 2 heterocycles. The van der Waals surface area contributed by atoms with Crippen LogP contribution in [-0.4, -0.2) is 34.1 Å². The Morgan fingerprint density at radius 3 is 2.73 bits per heavy atom. The lowest BCUT2D eigenvalue weighted by molar-refractivity contribution is -0.117. The molecule has 0 unspecified atom stereocenters. The van der Waals surface area contributed by atoms with Crippen molar-refractivity contribution in [1.82, 2.24) is 15.0 Å². The predicted octanol–water partition coefficient (Wildman–Crippen LogP) is 1.96. The van der Waals surface area contributed by atoms with Gasteiger partial charge in [-0.15, -0.1) is 5.10 Å². The summed E-state index contributed by atoms with van der Waals surface area (Å²) >= 11 is 3.39. The van der Waals surface area contributed by atoms with Gasteiger partial charge in [0.1, 0.15) is 25.3 Å². The summed E-state index contributed by atoms with van der Waals surface area (Å²) in [5.41, 5.74) is 0.636. The maximum atomic E-state index is 12.4. The summed E-state index contributed by atoms with van der Waals surface area (Å²) in [5, 5.41) is 10.9. The Morgan fingerprint density at radius 1 is 1.19 bits per heavy atom.